The predicted molar refractivity (Wildman–Crippen MR) is 70.5 cm³/mol. The van der Waals surface area contributed by atoms with Crippen molar-refractivity contribution in [1.82, 2.24) is 4.90 Å². The number of imide groups is 1. The summed E-state index contributed by atoms with van der Waals surface area (Å²) in [5.41, 5.74) is 0.677. The van der Waals surface area contributed by atoms with E-state index in [-0.39, 0.29) is 24.3 Å². The molecule has 0 aromatic heterocycles. The Kier molecular flexibility index (Phi) is 3.57. The van der Waals surface area contributed by atoms with Gasteiger partial charge in [-0.1, -0.05) is 23.7 Å². The van der Waals surface area contributed by atoms with Crippen molar-refractivity contribution in [2.75, 3.05) is 5.32 Å². The SMILES string of the molecule is CC(C)N1C(=O)CC(Nc2ccccc2Cl)C1=O. The number of hydrogen-bond donors (Lipinski definition) is 1. The van der Waals surface area contributed by atoms with Gasteiger partial charge in [-0.15, -0.1) is 0 Å². The van der Waals surface area contributed by atoms with Gasteiger partial charge in [-0.25, -0.2) is 0 Å². The standard InChI is InChI=1S/C13H15ClN2O2/c1-8(2)16-12(17)7-11(13(16)18)15-10-6-4-3-5-9(10)14/h3-6,8,11,15H,7H2,1-2H3. The molecule has 1 fully saturated rings. The van der Waals surface area contributed by atoms with E-state index in [0.717, 1.165) is 0 Å². The van der Waals surface area contributed by atoms with Crippen LogP contribution in [0, 0.1) is 0 Å². The number of likely N-dealkylation sites (tertiary alicyclic amines) is 1. The lowest BCUT2D eigenvalue weighted by Crippen LogP contribution is -2.39. The van der Waals surface area contributed by atoms with E-state index >= 15 is 0 Å². The summed E-state index contributed by atoms with van der Waals surface area (Å²) >= 11 is 6.01. The van der Waals surface area contributed by atoms with Gasteiger partial charge in [0.2, 0.25) is 5.91 Å². The zero-order valence-corrected chi connectivity index (χ0v) is 11.1. The lowest BCUT2D eigenvalue weighted by atomic mass is 10.2. The van der Waals surface area contributed by atoms with Crippen LogP contribution in [0.5, 0.6) is 0 Å². The van der Waals surface area contributed by atoms with E-state index in [0.29, 0.717) is 10.7 Å². The molecule has 0 spiro atoms. The van der Waals surface area contributed by atoms with Crippen LogP contribution in [-0.2, 0) is 9.59 Å². The smallest absolute Gasteiger partial charge is 0.252 e. The van der Waals surface area contributed by atoms with Gasteiger partial charge in [-0.3, -0.25) is 14.5 Å². The summed E-state index contributed by atoms with van der Waals surface area (Å²) in [6, 6.07) is 6.55. The number of anilines is 1. The van der Waals surface area contributed by atoms with Gasteiger partial charge in [0.05, 0.1) is 17.1 Å². The Bertz CT molecular complexity index is 488. The molecule has 1 aromatic rings. The van der Waals surface area contributed by atoms with E-state index in [1.165, 1.54) is 4.90 Å². The Balaban J connectivity index is 2.15. The van der Waals surface area contributed by atoms with Crippen molar-refractivity contribution >= 4 is 29.1 Å². The third-order valence-electron chi connectivity index (χ3n) is 2.90. The van der Waals surface area contributed by atoms with Crippen molar-refractivity contribution in [2.45, 2.75) is 32.4 Å². The van der Waals surface area contributed by atoms with E-state index in [9.17, 15) is 9.59 Å². The van der Waals surface area contributed by atoms with Gasteiger partial charge in [0.25, 0.3) is 5.91 Å². The highest BCUT2D eigenvalue weighted by Gasteiger charge is 2.39. The number of benzene rings is 1. The molecule has 0 aliphatic carbocycles. The maximum Gasteiger partial charge on any atom is 0.252 e. The third kappa shape index (κ3) is 2.34. The summed E-state index contributed by atoms with van der Waals surface area (Å²) in [5.74, 6) is -0.325. The van der Waals surface area contributed by atoms with Gasteiger partial charge in [0.1, 0.15) is 6.04 Å². The lowest BCUT2D eigenvalue weighted by molar-refractivity contribution is -0.140. The molecule has 1 N–H and O–H groups in total. The van der Waals surface area contributed by atoms with Crippen LogP contribution in [0.25, 0.3) is 0 Å². The first kappa shape index (κ1) is 12.9. The average molecular weight is 267 g/mol. The monoisotopic (exact) mass is 266 g/mol. The topological polar surface area (TPSA) is 49.4 Å². The van der Waals surface area contributed by atoms with Crippen LogP contribution in [0.15, 0.2) is 24.3 Å². The van der Waals surface area contributed by atoms with Crippen molar-refractivity contribution in [3.63, 3.8) is 0 Å². The first-order chi connectivity index (χ1) is 8.50. The molecule has 1 atom stereocenters. The lowest BCUT2D eigenvalue weighted by Gasteiger charge is -2.19. The number of carbonyl (C=O) groups excluding carboxylic acids is 2. The molecule has 1 saturated heterocycles. The number of rotatable bonds is 3. The second-order valence-electron chi connectivity index (χ2n) is 4.58. The molecule has 1 heterocycles. The van der Waals surface area contributed by atoms with Gasteiger partial charge in [0, 0.05) is 6.04 Å². The van der Waals surface area contributed by atoms with Crippen molar-refractivity contribution in [2.24, 2.45) is 0 Å². The van der Waals surface area contributed by atoms with Crippen LogP contribution in [0.1, 0.15) is 20.3 Å². The van der Waals surface area contributed by atoms with Crippen LogP contribution in [0.4, 0.5) is 5.69 Å². The molecule has 1 aromatic carbocycles. The van der Waals surface area contributed by atoms with E-state index in [1.54, 1.807) is 12.1 Å². The summed E-state index contributed by atoms with van der Waals surface area (Å²) < 4.78 is 0. The molecule has 1 aliphatic heterocycles. The fourth-order valence-corrected chi connectivity index (χ4v) is 2.26. The Morgan fingerprint density at radius 3 is 2.56 bits per heavy atom. The summed E-state index contributed by atoms with van der Waals surface area (Å²) in [4.78, 5) is 25.1. The number of nitrogens with zero attached hydrogens (tertiary/aromatic N) is 1. The third-order valence-corrected chi connectivity index (χ3v) is 3.23. The quantitative estimate of drug-likeness (QED) is 0.854. The van der Waals surface area contributed by atoms with Crippen LogP contribution in [-0.4, -0.2) is 28.8 Å². The molecule has 0 saturated carbocycles. The second-order valence-corrected chi connectivity index (χ2v) is 4.98. The van der Waals surface area contributed by atoms with E-state index in [1.807, 2.05) is 26.0 Å². The minimum Gasteiger partial charge on any atom is -0.372 e. The normalized spacial score (nSPS) is 19.8. The average Bonchev–Trinajstić information content (AvgIpc) is 2.57. The van der Waals surface area contributed by atoms with Crippen molar-refractivity contribution in [1.29, 1.82) is 0 Å². The fourth-order valence-electron chi connectivity index (χ4n) is 2.07. The molecule has 2 amide bonds. The van der Waals surface area contributed by atoms with Crippen LogP contribution < -0.4 is 5.32 Å². The zero-order chi connectivity index (χ0) is 13.3. The molecule has 96 valence electrons. The van der Waals surface area contributed by atoms with Crippen LogP contribution in [0.3, 0.4) is 0 Å². The van der Waals surface area contributed by atoms with Crippen molar-refractivity contribution in [3.05, 3.63) is 29.3 Å². The predicted octanol–water partition coefficient (Wildman–Crippen LogP) is 2.29. The highest BCUT2D eigenvalue weighted by molar-refractivity contribution is 6.33. The molecule has 5 heteroatoms. The Hall–Kier alpha value is -1.55. The summed E-state index contributed by atoms with van der Waals surface area (Å²) in [7, 11) is 0. The van der Waals surface area contributed by atoms with Gasteiger partial charge >= 0.3 is 0 Å². The van der Waals surface area contributed by atoms with E-state index in [2.05, 4.69) is 5.32 Å². The highest BCUT2D eigenvalue weighted by Crippen LogP contribution is 2.25. The highest BCUT2D eigenvalue weighted by atomic mass is 35.5. The maximum absolute atomic E-state index is 12.1. The number of hydrogen-bond acceptors (Lipinski definition) is 3. The minimum absolute atomic E-state index is 0.108. The first-order valence-electron chi connectivity index (χ1n) is 5.87. The molecule has 0 bridgehead atoms. The van der Waals surface area contributed by atoms with Gasteiger partial charge in [-0.05, 0) is 26.0 Å². The number of halogens is 1. The molecular formula is C13H15ClN2O2. The molecule has 1 aliphatic rings. The molecular weight excluding hydrogens is 252 g/mol. The number of nitrogens with one attached hydrogen (secondary N) is 1. The van der Waals surface area contributed by atoms with Crippen LogP contribution >= 0.6 is 11.6 Å². The molecule has 0 radical (unpaired) electrons. The van der Waals surface area contributed by atoms with Crippen LogP contribution in [0.2, 0.25) is 5.02 Å². The van der Waals surface area contributed by atoms with Gasteiger partial charge < -0.3 is 5.32 Å². The zero-order valence-electron chi connectivity index (χ0n) is 10.3. The molecule has 4 nitrogen and oxygen atoms in total. The second kappa shape index (κ2) is 4.98. The van der Waals surface area contributed by atoms with Crippen molar-refractivity contribution < 1.29 is 9.59 Å². The molecule has 2 rings (SSSR count). The fraction of sp³-hybridized carbons (Fsp3) is 0.385. The molecule has 18 heavy (non-hydrogen) atoms. The van der Waals surface area contributed by atoms with Gasteiger partial charge in [0.15, 0.2) is 0 Å². The number of carbonyl (C=O) groups is 2. The number of para-hydroxylation sites is 1. The maximum atomic E-state index is 12.1. The van der Waals surface area contributed by atoms with Crippen molar-refractivity contribution in [3.8, 4) is 0 Å². The molecule has 1 unspecified atom stereocenters. The number of amides is 2. The Labute approximate surface area is 111 Å². The Morgan fingerprint density at radius 2 is 2.00 bits per heavy atom. The first-order valence-corrected chi connectivity index (χ1v) is 6.25. The van der Waals surface area contributed by atoms with E-state index < -0.39 is 6.04 Å². The summed E-state index contributed by atoms with van der Waals surface area (Å²) in [5, 5.41) is 3.57. The Morgan fingerprint density at radius 1 is 1.33 bits per heavy atom. The van der Waals surface area contributed by atoms with E-state index in [4.69, 9.17) is 11.6 Å². The summed E-state index contributed by atoms with van der Waals surface area (Å²) in [6.07, 6.45) is 0.183. The largest absolute Gasteiger partial charge is 0.372 e. The minimum atomic E-state index is -0.514. The summed E-state index contributed by atoms with van der Waals surface area (Å²) in [6.45, 7) is 3.65. The van der Waals surface area contributed by atoms with Gasteiger partial charge in [-0.2, -0.15) is 0 Å².